The van der Waals surface area contributed by atoms with E-state index in [0.717, 1.165) is 49.5 Å². The number of likely N-dealkylation sites (tertiary alicyclic amines) is 1. The second kappa shape index (κ2) is 5.68. The first-order valence-electron chi connectivity index (χ1n) is 6.86. The summed E-state index contributed by atoms with van der Waals surface area (Å²) < 4.78 is 0. The largest absolute Gasteiger partial charge is 0.389 e. The van der Waals surface area contributed by atoms with E-state index in [9.17, 15) is 5.11 Å². The normalized spacial score (nSPS) is 26.5. The lowest BCUT2D eigenvalue weighted by Crippen LogP contribution is -2.35. The van der Waals surface area contributed by atoms with Crippen molar-refractivity contribution in [3.05, 3.63) is 16.1 Å². The maximum Gasteiger partial charge on any atom is 0.0956 e. The Bertz CT molecular complexity index is 391. The number of aryl methyl sites for hydroxylation is 1. The standard InChI is InChI=1S/C14H24N2OS/c1-11(2)16-7-4-5-14(17,6-8-16)9-13-15-12(3)10-18-13/h10-11,17H,4-9H2,1-3H3. The van der Waals surface area contributed by atoms with Crippen LogP contribution in [0.1, 0.15) is 43.8 Å². The van der Waals surface area contributed by atoms with Crippen LogP contribution in [0.25, 0.3) is 0 Å². The zero-order chi connectivity index (χ0) is 13.2. The van der Waals surface area contributed by atoms with Crippen molar-refractivity contribution in [1.82, 2.24) is 9.88 Å². The van der Waals surface area contributed by atoms with Gasteiger partial charge in [-0.1, -0.05) is 0 Å². The van der Waals surface area contributed by atoms with Gasteiger partial charge in [0.2, 0.25) is 0 Å². The average molecular weight is 268 g/mol. The van der Waals surface area contributed by atoms with E-state index in [2.05, 4.69) is 29.1 Å². The second-order valence-corrected chi connectivity index (χ2v) is 6.71. The van der Waals surface area contributed by atoms with Crippen molar-refractivity contribution in [2.45, 2.75) is 58.1 Å². The molecule has 1 fully saturated rings. The van der Waals surface area contributed by atoms with Gasteiger partial charge in [0.25, 0.3) is 0 Å². The highest BCUT2D eigenvalue weighted by Gasteiger charge is 2.31. The Balaban J connectivity index is 1.98. The van der Waals surface area contributed by atoms with Crippen LogP contribution in [0.3, 0.4) is 0 Å². The van der Waals surface area contributed by atoms with Crippen LogP contribution >= 0.6 is 11.3 Å². The Morgan fingerprint density at radius 3 is 2.83 bits per heavy atom. The molecule has 0 bridgehead atoms. The van der Waals surface area contributed by atoms with Gasteiger partial charge in [0.15, 0.2) is 0 Å². The second-order valence-electron chi connectivity index (χ2n) is 5.77. The minimum absolute atomic E-state index is 0.548. The van der Waals surface area contributed by atoms with Crippen LogP contribution in [0.5, 0.6) is 0 Å². The van der Waals surface area contributed by atoms with Crippen molar-refractivity contribution in [2.75, 3.05) is 13.1 Å². The molecule has 1 aliphatic heterocycles. The first-order chi connectivity index (χ1) is 8.48. The highest BCUT2D eigenvalue weighted by Crippen LogP contribution is 2.28. The fraction of sp³-hybridized carbons (Fsp3) is 0.786. The number of aromatic nitrogens is 1. The maximum atomic E-state index is 10.8. The summed E-state index contributed by atoms with van der Waals surface area (Å²) >= 11 is 1.67. The first kappa shape index (κ1) is 14.0. The third-order valence-corrected chi connectivity index (χ3v) is 4.80. The SMILES string of the molecule is Cc1csc(CC2(O)CCCN(C(C)C)CC2)n1. The minimum atomic E-state index is -0.548. The number of nitrogens with zero attached hydrogens (tertiary/aromatic N) is 2. The molecule has 1 unspecified atom stereocenters. The van der Waals surface area contributed by atoms with Crippen molar-refractivity contribution in [3.8, 4) is 0 Å². The fourth-order valence-corrected chi connectivity index (χ4v) is 3.57. The lowest BCUT2D eigenvalue weighted by atomic mass is 9.91. The Hall–Kier alpha value is -0.450. The van der Waals surface area contributed by atoms with E-state index in [1.54, 1.807) is 11.3 Å². The van der Waals surface area contributed by atoms with Gasteiger partial charge in [-0.15, -0.1) is 11.3 Å². The molecule has 1 aromatic rings. The smallest absolute Gasteiger partial charge is 0.0956 e. The summed E-state index contributed by atoms with van der Waals surface area (Å²) in [5, 5.41) is 13.9. The first-order valence-corrected chi connectivity index (χ1v) is 7.74. The molecule has 1 aromatic heterocycles. The highest BCUT2D eigenvalue weighted by molar-refractivity contribution is 7.09. The number of thiazole rings is 1. The van der Waals surface area contributed by atoms with E-state index in [1.807, 2.05) is 6.92 Å². The summed E-state index contributed by atoms with van der Waals surface area (Å²) in [5.74, 6) is 0. The van der Waals surface area contributed by atoms with Gasteiger partial charge in [0.05, 0.1) is 10.6 Å². The van der Waals surface area contributed by atoms with Gasteiger partial charge in [0, 0.05) is 30.1 Å². The Labute approximate surface area is 114 Å². The van der Waals surface area contributed by atoms with Crippen molar-refractivity contribution in [1.29, 1.82) is 0 Å². The zero-order valence-corrected chi connectivity index (χ0v) is 12.5. The number of hydrogen-bond acceptors (Lipinski definition) is 4. The van der Waals surface area contributed by atoms with Crippen molar-refractivity contribution in [2.24, 2.45) is 0 Å². The lowest BCUT2D eigenvalue weighted by molar-refractivity contribution is 0.0248. The molecular formula is C14H24N2OS. The summed E-state index contributed by atoms with van der Waals surface area (Å²) in [5.41, 5.74) is 0.518. The van der Waals surface area contributed by atoms with E-state index in [1.165, 1.54) is 0 Å². The van der Waals surface area contributed by atoms with Gasteiger partial charge in [-0.25, -0.2) is 4.98 Å². The summed E-state index contributed by atoms with van der Waals surface area (Å²) in [6.07, 6.45) is 3.56. The number of rotatable bonds is 3. The molecule has 0 saturated carbocycles. The van der Waals surface area contributed by atoms with Gasteiger partial charge in [0.1, 0.15) is 0 Å². The molecule has 0 aromatic carbocycles. The van der Waals surface area contributed by atoms with E-state index >= 15 is 0 Å². The molecule has 3 nitrogen and oxygen atoms in total. The maximum absolute atomic E-state index is 10.8. The Morgan fingerprint density at radius 1 is 1.44 bits per heavy atom. The van der Waals surface area contributed by atoms with Crippen LogP contribution in [0.15, 0.2) is 5.38 Å². The topological polar surface area (TPSA) is 36.4 Å². The van der Waals surface area contributed by atoms with Gasteiger partial charge < -0.3 is 10.0 Å². The van der Waals surface area contributed by atoms with Gasteiger partial charge in [-0.05, 0) is 46.6 Å². The van der Waals surface area contributed by atoms with E-state index in [4.69, 9.17) is 0 Å². The third-order valence-electron chi connectivity index (χ3n) is 3.83. The lowest BCUT2D eigenvalue weighted by Gasteiger charge is -2.27. The monoisotopic (exact) mass is 268 g/mol. The van der Waals surface area contributed by atoms with Crippen LogP contribution in [0.2, 0.25) is 0 Å². The van der Waals surface area contributed by atoms with Crippen LogP contribution < -0.4 is 0 Å². The molecule has 0 spiro atoms. The highest BCUT2D eigenvalue weighted by atomic mass is 32.1. The summed E-state index contributed by atoms with van der Waals surface area (Å²) in [6, 6.07) is 0.578. The van der Waals surface area contributed by atoms with E-state index in [0.29, 0.717) is 6.04 Å². The number of aliphatic hydroxyl groups is 1. The zero-order valence-electron chi connectivity index (χ0n) is 11.6. The van der Waals surface area contributed by atoms with Crippen molar-refractivity contribution < 1.29 is 5.11 Å². The summed E-state index contributed by atoms with van der Waals surface area (Å²) in [7, 11) is 0. The van der Waals surface area contributed by atoms with Crippen LogP contribution in [0.4, 0.5) is 0 Å². The molecule has 1 aliphatic rings. The van der Waals surface area contributed by atoms with Crippen molar-refractivity contribution in [3.63, 3.8) is 0 Å². The number of hydrogen-bond donors (Lipinski definition) is 1. The Morgan fingerprint density at radius 2 is 2.22 bits per heavy atom. The van der Waals surface area contributed by atoms with Gasteiger partial charge >= 0.3 is 0 Å². The predicted octanol–water partition coefficient (Wildman–Crippen LogP) is 2.62. The summed E-state index contributed by atoms with van der Waals surface area (Å²) in [6.45, 7) is 8.58. The molecule has 102 valence electrons. The Kier molecular flexibility index (Phi) is 4.41. The molecule has 0 amide bonds. The van der Waals surface area contributed by atoms with E-state index in [-0.39, 0.29) is 0 Å². The minimum Gasteiger partial charge on any atom is -0.389 e. The van der Waals surface area contributed by atoms with Crippen LogP contribution in [-0.4, -0.2) is 39.7 Å². The van der Waals surface area contributed by atoms with Crippen molar-refractivity contribution >= 4 is 11.3 Å². The fourth-order valence-electron chi connectivity index (χ4n) is 2.66. The molecule has 1 N–H and O–H groups in total. The third kappa shape index (κ3) is 3.53. The quantitative estimate of drug-likeness (QED) is 0.915. The molecule has 4 heteroatoms. The van der Waals surface area contributed by atoms with E-state index < -0.39 is 5.60 Å². The molecule has 1 saturated heterocycles. The van der Waals surface area contributed by atoms with Crippen LogP contribution in [-0.2, 0) is 6.42 Å². The predicted molar refractivity (Wildman–Crippen MR) is 76.1 cm³/mol. The molecule has 0 aliphatic carbocycles. The van der Waals surface area contributed by atoms with Gasteiger partial charge in [-0.2, -0.15) is 0 Å². The average Bonchev–Trinajstić information content (AvgIpc) is 2.58. The molecule has 1 atom stereocenters. The molecule has 18 heavy (non-hydrogen) atoms. The van der Waals surface area contributed by atoms with Gasteiger partial charge in [-0.3, -0.25) is 0 Å². The molecule has 2 rings (SSSR count). The molecule has 0 radical (unpaired) electrons. The molecular weight excluding hydrogens is 244 g/mol. The van der Waals surface area contributed by atoms with Crippen LogP contribution in [0, 0.1) is 6.92 Å². The summed E-state index contributed by atoms with van der Waals surface area (Å²) in [4.78, 5) is 6.94. The molecule has 2 heterocycles.